The number of nitrogens with two attached hydrogens (primary N) is 1. The van der Waals surface area contributed by atoms with E-state index in [0.717, 1.165) is 17.5 Å². The molecule has 0 unspecified atom stereocenters. The van der Waals surface area contributed by atoms with Gasteiger partial charge in [-0.1, -0.05) is 42.5 Å². The molecule has 6 nitrogen and oxygen atoms in total. The minimum absolute atomic E-state index is 0.167. The third-order valence-corrected chi connectivity index (χ3v) is 5.58. The smallest absolute Gasteiger partial charge is 0.294 e. The van der Waals surface area contributed by atoms with Crippen LogP contribution < -0.4 is 16.3 Å². The number of aromatic nitrogens is 2. The maximum Gasteiger partial charge on any atom is 0.294 e. The van der Waals surface area contributed by atoms with Gasteiger partial charge in [0, 0.05) is 16.5 Å². The molecule has 6 rings (SSSR count). The molecule has 0 amide bonds. The molecule has 0 aliphatic heterocycles. The molecule has 0 fully saturated rings. The lowest BCUT2D eigenvalue weighted by atomic mass is 9.94. The zero-order valence-corrected chi connectivity index (χ0v) is 16.5. The van der Waals surface area contributed by atoms with Gasteiger partial charge in [0.1, 0.15) is 6.33 Å². The molecule has 0 atom stereocenters. The first-order valence-electron chi connectivity index (χ1n) is 9.00. The fraction of sp³-hybridized carbons (Fsp3) is 0.0909. The Morgan fingerprint density at radius 3 is 2.45 bits per heavy atom. The van der Waals surface area contributed by atoms with Crippen molar-refractivity contribution < 1.29 is 13.0 Å². The van der Waals surface area contributed by atoms with Crippen molar-refractivity contribution in [3.63, 3.8) is 0 Å². The second-order valence-electron chi connectivity index (χ2n) is 6.87. The van der Waals surface area contributed by atoms with E-state index >= 15 is 0 Å². The minimum Gasteiger partial charge on any atom is -0.399 e. The number of hydrogen-bond donors (Lipinski definition) is 2. The topological polar surface area (TPSA) is 106 Å². The Kier molecular flexibility index (Phi) is 4.77. The summed E-state index contributed by atoms with van der Waals surface area (Å²) in [5.41, 5.74) is 11.3. The third-order valence-electron chi connectivity index (χ3n) is 4.75. The Hall–Kier alpha value is -3.29. The maximum atomic E-state index is 10.6. The summed E-state index contributed by atoms with van der Waals surface area (Å²) in [6.07, 6.45) is 7.01. The summed E-state index contributed by atoms with van der Waals surface area (Å²) in [6, 6.07) is 14.6. The fourth-order valence-electron chi connectivity index (χ4n) is 3.50. The molecule has 0 spiro atoms. The Bertz CT molecular complexity index is 1340. The lowest BCUT2D eigenvalue weighted by Gasteiger charge is -2.14. The van der Waals surface area contributed by atoms with Crippen molar-refractivity contribution in [1.82, 2.24) is 9.97 Å². The number of fused-ring (bicyclic) bond motifs is 2. The monoisotopic (exact) mass is 405 g/mol. The van der Waals surface area contributed by atoms with E-state index in [1.807, 2.05) is 6.07 Å². The molecule has 2 aromatic carbocycles. The van der Waals surface area contributed by atoms with Crippen LogP contribution in [0.2, 0.25) is 0 Å². The van der Waals surface area contributed by atoms with E-state index in [1.165, 1.54) is 34.1 Å². The SMILES string of the molecule is C1=CC(c2ccccc2)=c2c3ncnc2=C3C1.Cc1cc(N)cc(S(=O)(=O)O)c1. The first-order chi connectivity index (χ1) is 13.8. The van der Waals surface area contributed by atoms with Crippen molar-refractivity contribution >= 4 is 27.0 Å². The van der Waals surface area contributed by atoms with Crippen molar-refractivity contribution in [3.8, 4) is 0 Å². The van der Waals surface area contributed by atoms with E-state index in [2.05, 4.69) is 46.4 Å². The second kappa shape index (κ2) is 7.27. The van der Waals surface area contributed by atoms with Gasteiger partial charge >= 0.3 is 0 Å². The molecule has 0 saturated carbocycles. The predicted molar refractivity (Wildman–Crippen MR) is 112 cm³/mol. The van der Waals surface area contributed by atoms with Gasteiger partial charge in [0.05, 0.1) is 15.9 Å². The Labute approximate surface area is 168 Å². The number of benzene rings is 2. The zero-order chi connectivity index (χ0) is 20.6. The van der Waals surface area contributed by atoms with Crippen molar-refractivity contribution in [2.75, 3.05) is 5.73 Å². The van der Waals surface area contributed by atoms with Gasteiger partial charge in [-0.25, -0.2) is 9.97 Å². The van der Waals surface area contributed by atoms with Gasteiger partial charge < -0.3 is 5.73 Å². The van der Waals surface area contributed by atoms with E-state index in [0.29, 0.717) is 11.3 Å². The number of nitrogens with zero attached hydrogens (tertiary/aromatic N) is 2. The first kappa shape index (κ1) is 19.0. The molecular formula is C22H19N3O3S. The van der Waals surface area contributed by atoms with Gasteiger partial charge in [-0.3, -0.25) is 4.55 Å². The standard InChI is InChI=1S/C15H10N2.C7H9NO3S/c1-2-5-10(6-3-1)11-7-4-8-12-14-13(11)15(12)17-9-16-14;1-5-2-6(8)4-7(3-5)12(9,10)11/h1-7,9H,8H2;2-4H,8H2,1H3,(H,9,10,11). The molecule has 4 bridgehead atoms. The molecule has 3 aliphatic rings. The number of nitrogen functional groups attached to an aromatic ring is 1. The van der Waals surface area contributed by atoms with Gasteiger partial charge in [0.15, 0.2) is 0 Å². The van der Waals surface area contributed by atoms with Crippen molar-refractivity contribution in [1.29, 1.82) is 0 Å². The summed E-state index contributed by atoms with van der Waals surface area (Å²) in [5.74, 6) is 0. The molecule has 1 heterocycles. The average molecular weight is 405 g/mol. The van der Waals surface area contributed by atoms with Gasteiger partial charge in [0.2, 0.25) is 0 Å². The molecule has 7 heteroatoms. The van der Waals surface area contributed by atoms with E-state index in [9.17, 15) is 8.42 Å². The maximum absolute atomic E-state index is 10.6. The number of anilines is 1. The zero-order valence-electron chi connectivity index (χ0n) is 15.7. The van der Waals surface area contributed by atoms with Crippen LogP contribution in [0.5, 0.6) is 0 Å². The quantitative estimate of drug-likeness (QED) is 0.499. The normalized spacial score (nSPS) is 13.9. The van der Waals surface area contributed by atoms with Crippen LogP contribution in [0.3, 0.4) is 0 Å². The largest absolute Gasteiger partial charge is 0.399 e. The van der Waals surface area contributed by atoms with E-state index in [4.69, 9.17) is 10.3 Å². The Balaban J connectivity index is 0.000000152. The predicted octanol–water partition coefficient (Wildman–Crippen LogP) is 1.97. The number of allylic oxidation sites excluding steroid dienone is 2. The molecule has 0 radical (unpaired) electrons. The summed E-state index contributed by atoms with van der Waals surface area (Å²) in [6.45, 7) is 1.70. The molecule has 3 N–H and O–H groups in total. The molecule has 3 aliphatic carbocycles. The number of rotatable bonds is 2. The van der Waals surface area contributed by atoms with Crippen LogP contribution in [0.25, 0.3) is 11.1 Å². The molecule has 1 aromatic heterocycles. The van der Waals surface area contributed by atoms with E-state index in [1.54, 1.807) is 19.3 Å². The van der Waals surface area contributed by atoms with Crippen LogP contribution in [0, 0.1) is 6.92 Å². The highest BCUT2D eigenvalue weighted by Gasteiger charge is 2.22. The van der Waals surface area contributed by atoms with Gasteiger partial charge in [-0.2, -0.15) is 8.42 Å². The van der Waals surface area contributed by atoms with Gasteiger partial charge in [-0.05, 0) is 48.2 Å². The second-order valence-corrected chi connectivity index (χ2v) is 8.29. The summed E-state index contributed by atoms with van der Waals surface area (Å²) < 4.78 is 29.9. The van der Waals surface area contributed by atoms with E-state index in [-0.39, 0.29) is 4.90 Å². The summed E-state index contributed by atoms with van der Waals surface area (Å²) >= 11 is 0. The lowest BCUT2D eigenvalue weighted by molar-refractivity contribution is 0.483. The molecule has 146 valence electrons. The fourth-order valence-corrected chi connectivity index (χ4v) is 4.12. The molecule has 29 heavy (non-hydrogen) atoms. The van der Waals surface area contributed by atoms with Gasteiger partial charge in [-0.15, -0.1) is 0 Å². The van der Waals surface area contributed by atoms with Crippen molar-refractivity contribution in [3.05, 3.63) is 94.4 Å². The van der Waals surface area contributed by atoms with Gasteiger partial charge in [0.25, 0.3) is 10.1 Å². The highest BCUT2D eigenvalue weighted by Crippen LogP contribution is 2.22. The highest BCUT2D eigenvalue weighted by atomic mass is 32.2. The summed E-state index contributed by atoms with van der Waals surface area (Å²) in [4.78, 5) is 8.60. The van der Waals surface area contributed by atoms with Crippen molar-refractivity contribution in [2.45, 2.75) is 18.2 Å². The van der Waals surface area contributed by atoms with Crippen LogP contribution in [0.4, 0.5) is 5.69 Å². The van der Waals surface area contributed by atoms with Crippen LogP contribution in [0.15, 0.2) is 71.9 Å². The summed E-state index contributed by atoms with van der Waals surface area (Å²) in [7, 11) is -4.13. The summed E-state index contributed by atoms with van der Waals surface area (Å²) in [5, 5.41) is 2.36. The first-order valence-corrected chi connectivity index (χ1v) is 10.4. The van der Waals surface area contributed by atoms with Crippen LogP contribution >= 0.6 is 0 Å². The number of aryl methyl sites for hydroxylation is 1. The van der Waals surface area contributed by atoms with Crippen LogP contribution in [0.1, 0.15) is 23.2 Å². The Morgan fingerprint density at radius 1 is 1.07 bits per heavy atom. The average Bonchev–Trinajstić information content (AvgIpc) is 3.01. The highest BCUT2D eigenvalue weighted by molar-refractivity contribution is 7.85. The number of hydrogen-bond acceptors (Lipinski definition) is 5. The molecule has 0 saturated heterocycles. The van der Waals surface area contributed by atoms with Crippen molar-refractivity contribution in [2.24, 2.45) is 0 Å². The van der Waals surface area contributed by atoms with E-state index < -0.39 is 10.1 Å². The lowest BCUT2D eigenvalue weighted by Crippen LogP contribution is -2.45. The van der Waals surface area contributed by atoms with Crippen LogP contribution in [-0.4, -0.2) is 22.9 Å². The molecule has 3 aromatic rings. The minimum atomic E-state index is -4.13. The van der Waals surface area contributed by atoms with Crippen LogP contribution in [-0.2, 0) is 10.1 Å². The third kappa shape index (κ3) is 3.70. The molecular weight excluding hydrogens is 386 g/mol. The Morgan fingerprint density at radius 2 is 1.83 bits per heavy atom.